The lowest BCUT2D eigenvalue weighted by molar-refractivity contribution is -0.137. The first-order valence-corrected chi connectivity index (χ1v) is 5.73. The molecule has 1 atom stereocenters. The van der Waals surface area contributed by atoms with E-state index in [0.717, 1.165) is 0 Å². The summed E-state index contributed by atoms with van der Waals surface area (Å²) >= 11 is 5.75. The van der Waals surface area contributed by atoms with Crippen LogP contribution in [0.3, 0.4) is 0 Å². The summed E-state index contributed by atoms with van der Waals surface area (Å²) in [4.78, 5) is 10.4. The number of carbonyl (C=O) groups is 1. The molecule has 0 radical (unpaired) electrons. The van der Waals surface area contributed by atoms with Gasteiger partial charge < -0.3 is 10.4 Å². The predicted molar refractivity (Wildman–Crippen MR) is 64.5 cm³/mol. The van der Waals surface area contributed by atoms with Crippen LogP contribution in [0.5, 0.6) is 0 Å². The quantitative estimate of drug-likeness (QED) is 0.826. The Morgan fingerprint density at radius 2 is 2.29 bits per heavy atom. The molecule has 0 spiro atoms. The molecular formula is C12H15ClFNO2. The van der Waals surface area contributed by atoms with Crippen LogP contribution in [0.15, 0.2) is 18.2 Å². The van der Waals surface area contributed by atoms with E-state index in [2.05, 4.69) is 5.32 Å². The van der Waals surface area contributed by atoms with Crippen LogP contribution >= 0.6 is 11.6 Å². The summed E-state index contributed by atoms with van der Waals surface area (Å²) in [7, 11) is 0. The van der Waals surface area contributed by atoms with Crippen molar-refractivity contribution in [3.05, 3.63) is 34.6 Å². The third-order valence-corrected chi connectivity index (χ3v) is 2.57. The highest BCUT2D eigenvalue weighted by Crippen LogP contribution is 2.14. The summed E-state index contributed by atoms with van der Waals surface area (Å²) in [5.74, 6) is -1.13. The van der Waals surface area contributed by atoms with Crippen molar-refractivity contribution in [2.75, 3.05) is 6.54 Å². The van der Waals surface area contributed by atoms with Crippen LogP contribution in [-0.4, -0.2) is 17.6 Å². The summed E-state index contributed by atoms with van der Waals surface area (Å²) in [5, 5.41) is 12.1. The van der Waals surface area contributed by atoms with Gasteiger partial charge in [-0.15, -0.1) is 0 Å². The van der Waals surface area contributed by atoms with Gasteiger partial charge in [-0.3, -0.25) is 4.79 Å². The van der Waals surface area contributed by atoms with Gasteiger partial charge in [-0.25, -0.2) is 4.39 Å². The van der Waals surface area contributed by atoms with Gasteiger partial charge >= 0.3 is 5.97 Å². The monoisotopic (exact) mass is 259 g/mol. The zero-order valence-corrected chi connectivity index (χ0v) is 10.3. The third kappa shape index (κ3) is 5.15. The van der Waals surface area contributed by atoms with Crippen molar-refractivity contribution < 1.29 is 14.3 Å². The number of halogens is 2. The predicted octanol–water partition coefficient (Wildman–Crippen LogP) is 2.68. The van der Waals surface area contributed by atoms with E-state index in [9.17, 15) is 9.18 Å². The summed E-state index contributed by atoms with van der Waals surface area (Å²) < 4.78 is 13.3. The lowest BCUT2D eigenvalue weighted by Gasteiger charge is -2.10. The maximum Gasteiger partial charge on any atom is 0.303 e. The summed E-state index contributed by atoms with van der Waals surface area (Å²) in [6.07, 6.45) is 0.102. The topological polar surface area (TPSA) is 49.3 Å². The van der Waals surface area contributed by atoms with Crippen molar-refractivity contribution >= 4 is 17.6 Å². The molecule has 0 aliphatic rings. The second-order valence-corrected chi connectivity index (χ2v) is 4.51. The Morgan fingerprint density at radius 3 is 2.94 bits per heavy atom. The number of carboxylic acid groups (broad SMARTS) is 1. The molecule has 5 heteroatoms. The fourth-order valence-corrected chi connectivity index (χ4v) is 1.70. The zero-order chi connectivity index (χ0) is 12.8. The fraction of sp³-hybridized carbons (Fsp3) is 0.417. The van der Waals surface area contributed by atoms with E-state index in [0.29, 0.717) is 23.7 Å². The molecule has 0 aliphatic carbocycles. The highest BCUT2D eigenvalue weighted by molar-refractivity contribution is 6.30. The van der Waals surface area contributed by atoms with Crippen LogP contribution in [0.1, 0.15) is 18.9 Å². The minimum Gasteiger partial charge on any atom is -0.481 e. The molecule has 94 valence electrons. The SMILES string of the molecule is CC(CNCc1cc(Cl)ccc1F)CC(=O)O. The largest absolute Gasteiger partial charge is 0.481 e. The Morgan fingerprint density at radius 1 is 1.59 bits per heavy atom. The first kappa shape index (κ1) is 13.9. The lowest BCUT2D eigenvalue weighted by Crippen LogP contribution is -2.23. The van der Waals surface area contributed by atoms with Gasteiger partial charge in [-0.2, -0.15) is 0 Å². The lowest BCUT2D eigenvalue weighted by atomic mass is 10.1. The van der Waals surface area contributed by atoms with Gasteiger partial charge in [0.25, 0.3) is 0 Å². The molecule has 17 heavy (non-hydrogen) atoms. The molecule has 1 rings (SSSR count). The highest BCUT2D eigenvalue weighted by Gasteiger charge is 2.08. The molecule has 0 saturated heterocycles. The highest BCUT2D eigenvalue weighted by atomic mass is 35.5. The molecular weight excluding hydrogens is 245 g/mol. The fourth-order valence-electron chi connectivity index (χ4n) is 1.50. The van der Waals surface area contributed by atoms with Crippen molar-refractivity contribution in [3.8, 4) is 0 Å². The van der Waals surface area contributed by atoms with Gasteiger partial charge in [0.05, 0.1) is 0 Å². The van der Waals surface area contributed by atoms with Crippen molar-refractivity contribution in [3.63, 3.8) is 0 Å². The molecule has 3 nitrogen and oxygen atoms in total. The Balaban J connectivity index is 2.40. The van der Waals surface area contributed by atoms with Crippen molar-refractivity contribution in [2.45, 2.75) is 19.9 Å². The van der Waals surface area contributed by atoms with E-state index in [1.807, 2.05) is 6.92 Å². The van der Waals surface area contributed by atoms with Gasteiger partial charge in [0.15, 0.2) is 0 Å². The van der Waals surface area contributed by atoms with Crippen LogP contribution in [0.2, 0.25) is 5.02 Å². The molecule has 0 saturated carbocycles. The normalized spacial score (nSPS) is 12.4. The maximum absolute atomic E-state index is 13.3. The Kier molecular flexibility index (Phi) is 5.38. The molecule has 0 amide bonds. The molecule has 0 heterocycles. The van der Waals surface area contributed by atoms with Gasteiger partial charge in [-0.1, -0.05) is 18.5 Å². The molecule has 0 fully saturated rings. The van der Waals surface area contributed by atoms with Gasteiger partial charge in [-0.05, 0) is 30.7 Å². The maximum atomic E-state index is 13.3. The number of hydrogen-bond donors (Lipinski definition) is 2. The summed E-state index contributed by atoms with van der Waals surface area (Å²) in [5.41, 5.74) is 0.486. The molecule has 0 aromatic heterocycles. The summed E-state index contributed by atoms with van der Waals surface area (Å²) in [6.45, 7) is 2.70. The van der Waals surface area contributed by atoms with E-state index in [-0.39, 0.29) is 18.2 Å². The number of benzene rings is 1. The number of nitrogens with one attached hydrogen (secondary N) is 1. The smallest absolute Gasteiger partial charge is 0.303 e. The first-order chi connectivity index (χ1) is 7.99. The average Bonchev–Trinajstić information content (AvgIpc) is 2.22. The van der Waals surface area contributed by atoms with Crippen LogP contribution < -0.4 is 5.32 Å². The zero-order valence-electron chi connectivity index (χ0n) is 9.54. The van der Waals surface area contributed by atoms with Crippen LogP contribution in [-0.2, 0) is 11.3 Å². The Labute approximate surface area is 105 Å². The van der Waals surface area contributed by atoms with Gasteiger partial charge in [0.2, 0.25) is 0 Å². The summed E-state index contributed by atoms with van der Waals surface area (Å²) in [6, 6.07) is 4.37. The molecule has 1 aromatic rings. The molecule has 0 bridgehead atoms. The number of aliphatic carboxylic acids is 1. The van der Waals surface area contributed by atoms with Gasteiger partial charge in [0, 0.05) is 23.6 Å². The molecule has 1 aromatic carbocycles. The molecule has 2 N–H and O–H groups in total. The number of rotatable bonds is 6. The van der Waals surface area contributed by atoms with Crippen molar-refractivity contribution in [1.29, 1.82) is 0 Å². The molecule has 0 aliphatic heterocycles. The van der Waals surface area contributed by atoms with Crippen LogP contribution in [0.25, 0.3) is 0 Å². The minimum atomic E-state index is -0.826. The number of carboxylic acids is 1. The molecule has 1 unspecified atom stereocenters. The van der Waals surface area contributed by atoms with E-state index in [1.54, 1.807) is 6.07 Å². The first-order valence-electron chi connectivity index (χ1n) is 5.35. The van der Waals surface area contributed by atoms with Gasteiger partial charge in [0.1, 0.15) is 5.82 Å². The minimum absolute atomic E-state index is 0.00902. The standard InChI is InChI=1S/C12H15ClFNO2/c1-8(4-12(16)17)6-15-7-9-5-10(13)2-3-11(9)14/h2-3,5,8,15H,4,6-7H2,1H3,(H,16,17). The van der Waals surface area contributed by atoms with Crippen molar-refractivity contribution in [1.82, 2.24) is 5.32 Å². The second-order valence-electron chi connectivity index (χ2n) is 4.07. The Bertz CT molecular complexity index is 398. The van der Waals surface area contributed by atoms with E-state index in [1.165, 1.54) is 12.1 Å². The average molecular weight is 260 g/mol. The van der Waals surface area contributed by atoms with Crippen LogP contribution in [0.4, 0.5) is 4.39 Å². The third-order valence-electron chi connectivity index (χ3n) is 2.34. The van der Waals surface area contributed by atoms with E-state index in [4.69, 9.17) is 16.7 Å². The van der Waals surface area contributed by atoms with Crippen LogP contribution in [0, 0.1) is 11.7 Å². The Hall–Kier alpha value is -1.13. The second kappa shape index (κ2) is 6.57. The van der Waals surface area contributed by atoms with E-state index >= 15 is 0 Å². The number of hydrogen-bond acceptors (Lipinski definition) is 2. The van der Waals surface area contributed by atoms with Crippen molar-refractivity contribution in [2.24, 2.45) is 5.92 Å². The van der Waals surface area contributed by atoms with E-state index < -0.39 is 5.97 Å².